The number of rotatable bonds is 7. The second-order valence-corrected chi connectivity index (χ2v) is 6.88. The molecule has 0 aliphatic carbocycles. The highest BCUT2D eigenvalue weighted by Gasteiger charge is 2.14. The van der Waals surface area contributed by atoms with Crippen LogP contribution >= 0.6 is 0 Å². The molecule has 1 aromatic heterocycles. The smallest absolute Gasteiger partial charge is 0.270 e. The maximum Gasteiger partial charge on any atom is 0.270 e. The zero-order valence-electron chi connectivity index (χ0n) is 16.1. The quantitative estimate of drug-likeness (QED) is 0.656. The molecule has 0 atom stereocenters. The van der Waals surface area contributed by atoms with E-state index in [0.717, 1.165) is 12.2 Å². The molecule has 1 heterocycles. The number of pyridine rings is 1. The van der Waals surface area contributed by atoms with Gasteiger partial charge in [0.05, 0.1) is 11.9 Å². The first-order valence-corrected chi connectivity index (χ1v) is 9.33. The van der Waals surface area contributed by atoms with Gasteiger partial charge >= 0.3 is 0 Å². The molecule has 0 aliphatic heterocycles. The minimum absolute atomic E-state index is 0.126. The van der Waals surface area contributed by atoms with Crippen molar-refractivity contribution in [3.05, 3.63) is 95.6 Å². The number of carbonyl (C=O) groups excluding carboxylic acids is 1. The minimum atomic E-state index is -0.334. The Hall–Kier alpha value is -3.21. The lowest BCUT2D eigenvalue weighted by Crippen LogP contribution is -2.30. The molecule has 0 spiro atoms. The SMILES string of the molecule is CC(C)N(Cc1ccccc1)c1ccc(C(=O)NCc2ccccc2F)nc1. The monoisotopic (exact) mass is 377 g/mol. The van der Waals surface area contributed by atoms with Crippen LogP contribution in [0.3, 0.4) is 0 Å². The van der Waals surface area contributed by atoms with E-state index < -0.39 is 0 Å². The van der Waals surface area contributed by atoms with E-state index in [4.69, 9.17) is 0 Å². The zero-order valence-corrected chi connectivity index (χ0v) is 16.1. The molecule has 28 heavy (non-hydrogen) atoms. The van der Waals surface area contributed by atoms with Gasteiger partial charge in [-0.05, 0) is 37.6 Å². The summed E-state index contributed by atoms with van der Waals surface area (Å²) < 4.78 is 13.7. The lowest BCUT2D eigenvalue weighted by molar-refractivity contribution is 0.0945. The first kappa shape index (κ1) is 19.5. The first-order chi connectivity index (χ1) is 13.5. The van der Waals surface area contributed by atoms with Crippen molar-refractivity contribution in [2.24, 2.45) is 0 Å². The molecule has 144 valence electrons. The highest BCUT2D eigenvalue weighted by molar-refractivity contribution is 5.92. The Bertz CT molecular complexity index is 911. The summed E-state index contributed by atoms with van der Waals surface area (Å²) >= 11 is 0. The summed E-state index contributed by atoms with van der Waals surface area (Å²) in [5.74, 6) is -0.659. The molecule has 0 saturated carbocycles. The van der Waals surface area contributed by atoms with Crippen LogP contribution in [0, 0.1) is 5.82 Å². The predicted octanol–water partition coefficient (Wildman–Crippen LogP) is 4.57. The molecule has 0 fully saturated rings. The van der Waals surface area contributed by atoms with Crippen molar-refractivity contribution in [2.75, 3.05) is 4.90 Å². The molecule has 3 rings (SSSR count). The van der Waals surface area contributed by atoms with Crippen molar-refractivity contribution in [1.29, 1.82) is 0 Å². The van der Waals surface area contributed by atoms with Crippen LogP contribution < -0.4 is 10.2 Å². The van der Waals surface area contributed by atoms with E-state index in [2.05, 4.69) is 41.2 Å². The lowest BCUT2D eigenvalue weighted by atomic mass is 10.1. The van der Waals surface area contributed by atoms with E-state index in [1.54, 1.807) is 30.5 Å². The average Bonchev–Trinajstić information content (AvgIpc) is 2.72. The van der Waals surface area contributed by atoms with Gasteiger partial charge in [0.25, 0.3) is 5.91 Å². The molecule has 0 aliphatic rings. The van der Waals surface area contributed by atoms with Gasteiger partial charge in [0.15, 0.2) is 0 Å². The van der Waals surface area contributed by atoms with E-state index in [-0.39, 0.29) is 24.3 Å². The van der Waals surface area contributed by atoms with Gasteiger partial charge < -0.3 is 10.2 Å². The third-order valence-corrected chi connectivity index (χ3v) is 4.53. The van der Waals surface area contributed by atoms with Crippen LogP contribution in [0.4, 0.5) is 10.1 Å². The Kier molecular flexibility index (Phi) is 6.37. The summed E-state index contributed by atoms with van der Waals surface area (Å²) in [5.41, 5.74) is 2.91. The van der Waals surface area contributed by atoms with Crippen molar-refractivity contribution in [1.82, 2.24) is 10.3 Å². The predicted molar refractivity (Wildman–Crippen MR) is 110 cm³/mol. The second kappa shape index (κ2) is 9.13. The fourth-order valence-electron chi connectivity index (χ4n) is 2.95. The number of aromatic nitrogens is 1. The maximum absolute atomic E-state index is 13.7. The fraction of sp³-hybridized carbons (Fsp3) is 0.217. The number of carbonyl (C=O) groups is 1. The molecular formula is C23H24FN3O. The third kappa shape index (κ3) is 4.94. The largest absolute Gasteiger partial charge is 0.364 e. The molecule has 0 bridgehead atoms. The molecule has 5 heteroatoms. The number of amides is 1. The molecular weight excluding hydrogens is 353 g/mol. The second-order valence-electron chi connectivity index (χ2n) is 6.88. The van der Waals surface area contributed by atoms with E-state index >= 15 is 0 Å². The van der Waals surface area contributed by atoms with Gasteiger partial charge in [-0.1, -0.05) is 48.5 Å². The van der Waals surface area contributed by atoms with Gasteiger partial charge in [-0.25, -0.2) is 9.37 Å². The number of halogens is 1. The van der Waals surface area contributed by atoms with Gasteiger partial charge in [-0.3, -0.25) is 4.79 Å². The summed E-state index contributed by atoms with van der Waals surface area (Å²) in [6.07, 6.45) is 1.71. The number of hydrogen-bond acceptors (Lipinski definition) is 3. The van der Waals surface area contributed by atoms with Gasteiger partial charge in [0.2, 0.25) is 0 Å². The topological polar surface area (TPSA) is 45.2 Å². The fourth-order valence-corrected chi connectivity index (χ4v) is 2.95. The minimum Gasteiger partial charge on any atom is -0.364 e. The molecule has 3 aromatic rings. The number of benzene rings is 2. The van der Waals surface area contributed by atoms with Crippen molar-refractivity contribution in [2.45, 2.75) is 33.0 Å². The number of nitrogens with zero attached hydrogens (tertiary/aromatic N) is 2. The van der Waals surface area contributed by atoms with Crippen molar-refractivity contribution in [3.8, 4) is 0 Å². The Morgan fingerprint density at radius 1 is 1.04 bits per heavy atom. The molecule has 0 radical (unpaired) electrons. The van der Waals surface area contributed by atoms with Gasteiger partial charge in [0.1, 0.15) is 11.5 Å². The highest BCUT2D eigenvalue weighted by Crippen LogP contribution is 2.19. The Balaban J connectivity index is 1.67. The van der Waals surface area contributed by atoms with Crippen molar-refractivity contribution in [3.63, 3.8) is 0 Å². The van der Waals surface area contributed by atoms with Crippen LogP contribution in [-0.4, -0.2) is 16.9 Å². The van der Waals surface area contributed by atoms with Gasteiger partial charge in [-0.15, -0.1) is 0 Å². The summed E-state index contributed by atoms with van der Waals surface area (Å²) in [7, 11) is 0. The Morgan fingerprint density at radius 3 is 2.39 bits per heavy atom. The van der Waals surface area contributed by atoms with Crippen LogP contribution in [0.1, 0.15) is 35.5 Å². The van der Waals surface area contributed by atoms with Crippen LogP contribution in [0.2, 0.25) is 0 Å². The molecule has 0 saturated heterocycles. The number of nitrogens with one attached hydrogen (secondary N) is 1. The maximum atomic E-state index is 13.7. The normalized spacial score (nSPS) is 10.7. The zero-order chi connectivity index (χ0) is 19.9. The Morgan fingerprint density at radius 2 is 1.75 bits per heavy atom. The van der Waals surface area contributed by atoms with Crippen LogP contribution in [-0.2, 0) is 13.1 Å². The average molecular weight is 377 g/mol. The number of hydrogen-bond donors (Lipinski definition) is 1. The molecule has 2 aromatic carbocycles. The van der Waals surface area contributed by atoms with E-state index in [9.17, 15) is 9.18 Å². The van der Waals surface area contributed by atoms with Crippen LogP contribution in [0.5, 0.6) is 0 Å². The number of anilines is 1. The van der Waals surface area contributed by atoms with Crippen molar-refractivity contribution < 1.29 is 9.18 Å². The summed E-state index contributed by atoms with van der Waals surface area (Å²) in [6, 6.07) is 20.5. The molecule has 1 amide bonds. The highest BCUT2D eigenvalue weighted by atomic mass is 19.1. The third-order valence-electron chi connectivity index (χ3n) is 4.53. The standard InChI is InChI=1S/C23H24FN3O/c1-17(2)27(16-18-8-4-3-5-9-18)20-12-13-22(25-15-20)23(28)26-14-19-10-6-7-11-21(19)24/h3-13,15,17H,14,16H2,1-2H3,(H,26,28). The molecule has 4 nitrogen and oxygen atoms in total. The first-order valence-electron chi connectivity index (χ1n) is 9.33. The summed E-state index contributed by atoms with van der Waals surface area (Å²) in [5, 5.41) is 2.71. The van der Waals surface area contributed by atoms with Crippen molar-refractivity contribution >= 4 is 11.6 Å². The van der Waals surface area contributed by atoms with E-state index in [1.165, 1.54) is 11.6 Å². The summed E-state index contributed by atoms with van der Waals surface area (Å²) in [6.45, 7) is 5.13. The molecule has 0 unspecified atom stereocenters. The van der Waals surface area contributed by atoms with Gasteiger partial charge in [0, 0.05) is 24.7 Å². The lowest BCUT2D eigenvalue weighted by Gasteiger charge is -2.29. The Labute approximate surface area is 165 Å². The summed E-state index contributed by atoms with van der Waals surface area (Å²) in [4.78, 5) is 18.9. The van der Waals surface area contributed by atoms with Gasteiger partial charge in [-0.2, -0.15) is 0 Å². The van der Waals surface area contributed by atoms with E-state index in [0.29, 0.717) is 11.3 Å². The van der Waals surface area contributed by atoms with E-state index in [1.807, 2.05) is 24.3 Å². The molecule has 1 N–H and O–H groups in total. The van der Waals surface area contributed by atoms with Crippen LogP contribution in [0.15, 0.2) is 72.9 Å². The van der Waals surface area contributed by atoms with Crippen LogP contribution in [0.25, 0.3) is 0 Å².